The minimum atomic E-state index is -3.75. The maximum atomic E-state index is 13.0. The first-order chi connectivity index (χ1) is 16.0. The van der Waals surface area contributed by atoms with Crippen LogP contribution in [0, 0.1) is 0 Å². The van der Waals surface area contributed by atoms with Crippen molar-refractivity contribution in [1.29, 1.82) is 0 Å². The first-order valence-corrected chi connectivity index (χ1v) is 12.0. The van der Waals surface area contributed by atoms with Gasteiger partial charge in [0.1, 0.15) is 18.9 Å². The third-order valence-corrected chi connectivity index (χ3v) is 7.43. The first-order valence-electron chi connectivity index (χ1n) is 10.6. The highest BCUT2D eigenvalue weighted by atomic mass is 32.2. The molecule has 1 aliphatic heterocycles. The van der Waals surface area contributed by atoms with Gasteiger partial charge >= 0.3 is 0 Å². The molecule has 7 heteroatoms. The number of anilines is 1. The Hall–Kier alpha value is -3.84. The summed E-state index contributed by atoms with van der Waals surface area (Å²) in [6.07, 6.45) is 0. The van der Waals surface area contributed by atoms with Crippen LogP contribution in [-0.2, 0) is 28.0 Å². The molecule has 0 unspecified atom stereocenters. The van der Waals surface area contributed by atoms with Crippen LogP contribution in [-0.4, -0.2) is 20.9 Å². The molecule has 4 aromatic rings. The van der Waals surface area contributed by atoms with Crippen LogP contribution >= 0.6 is 0 Å². The summed E-state index contributed by atoms with van der Waals surface area (Å²) in [4.78, 5) is 12.9. The summed E-state index contributed by atoms with van der Waals surface area (Å²) in [5.41, 5.74) is 2.48. The second-order valence-corrected chi connectivity index (χ2v) is 9.67. The van der Waals surface area contributed by atoms with Gasteiger partial charge in [0, 0.05) is 11.9 Å². The van der Waals surface area contributed by atoms with Crippen LogP contribution in [0.1, 0.15) is 11.1 Å². The molecule has 4 aromatic carbocycles. The number of amides is 1. The lowest BCUT2D eigenvalue weighted by Crippen LogP contribution is -2.38. The third-order valence-electron chi connectivity index (χ3n) is 5.63. The molecule has 0 atom stereocenters. The zero-order chi connectivity index (χ0) is 22.8. The summed E-state index contributed by atoms with van der Waals surface area (Å²) in [5.74, 6) is 0.448. The number of ether oxygens (including phenoxy) is 1. The van der Waals surface area contributed by atoms with E-state index in [0.717, 1.165) is 22.3 Å². The molecule has 33 heavy (non-hydrogen) atoms. The molecule has 1 heterocycles. The van der Waals surface area contributed by atoms with Gasteiger partial charge in [0.25, 0.3) is 10.0 Å². The van der Waals surface area contributed by atoms with Crippen molar-refractivity contribution in [3.8, 4) is 5.75 Å². The van der Waals surface area contributed by atoms with Crippen molar-refractivity contribution in [3.63, 3.8) is 0 Å². The first kappa shape index (κ1) is 21.0. The Morgan fingerprint density at radius 1 is 0.818 bits per heavy atom. The van der Waals surface area contributed by atoms with Gasteiger partial charge in [-0.3, -0.25) is 9.10 Å². The van der Waals surface area contributed by atoms with Gasteiger partial charge in [0.2, 0.25) is 5.91 Å². The van der Waals surface area contributed by atoms with Crippen molar-refractivity contribution in [1.82, 2.24) is 5.32 Å². The minimum Gasteiger partial charge on any atom is -0.489 e. The minimum absolute atomic E-state index is 0.247. The molecule has 6 nitrogen and oxygen atoms in total. The summed E-state index contributed by atoms with van der Waals surface area (Å²) in [5, 5.41) is 4.33. The Balaban J connectivity index is 1.20. The number of hydrogen-bond donors (Lipinski definition) is 1. The summed E-state index contributed by atoms with van der Waals surface area (Å²) in [7, 11) is -3.75. The van der Waals surface area contributed by atoms with E-state index in [4.69, 9.17) is 4.74 Å². The van der Waals surface area contributed by atoms with E-state index in [-0.39, 0.29) is 17.3 Å². The fourth-order valence-electron chi connectivity index (χ4n) is 3.95. The molecule has 1 N–H and O–H groups in total. The number of carbonyl (C=O) groups excluding carboxylic acids is 1. The maximum absolute atomic E-state index is 13.0. The fourth-order valence-corrected chi connectivity index (χ4v) is 5.62. The van der Waals surface area contributed by atoms with E-state index in [1.54, 1.807) is 24.3 Å². The number of benzene rings is 4. The second kappa shape index (κ2) is 8.60. The monoisotopic (exact) mass is 458 g/mol. The molecule has 0 saturated heterocycles. The van der Waals surface area contributed by atoms with Crippen molar-refractivity contribution in [2.75, 3.05) is 10.8 Å². The van der Waals surface area contributed by atoms with E-state index in [1.165, 1.54) is 4.31 Å². The van der Waals surface area contributed by atoms with E-state index >= 15 is 0 Å². The van der Waals surface area contributed by atoms with Gasteiger partial charge in [-0.2, -0.15) is 0 Å². The molecule has 1 aliphatic rings. The molecular formula is C26H22N2O4S. The summed E-state index contributed by atoms with van der Waals surface area (Å²) in [6.45, 7) is 0.498. The van der Waals surface area contributed by atoms with Crippen LogP contribution in [0.15, 0.2) is 95.9 Å². The van der Waals surface area contributed by atoms with Gasteiger partial charge in [0.05, 0.1) is 10.6 Å². The standard InChI is InChI=1S/C26H22N2O4S/c29-25(17-28-23-10-4-6-21-7-5-11-24(26(21)23)33(28,30)31)27-16-19-12-14-20(15-13-19)18-32-22-8-2-1-3-9-22/h1-15H,16-18H2,(H,27,29). The Morgan fingerprint density at radius 3 is 2.27 bits per heavy atom. The average Bonchev–Trinajstić information content (AvgIpc) is 3.06. The number of rotatable bonds is 7. The lowest BCUT2D eigenvalue weighted by Gasteiger charge is -2.18. The van der Waals surface area contributed by atoms with Crippen molar-refractivity contribution >= 4 is 32.4 Å². The lowest BCUT2D eigenvalue weighted by molar-refractivity contribution is -0.119. The number of nitrogens with one attached hydrogen (secondary N) is 1. The number of carbonyl (C=O) groups is 1. The summed E-state index contributed by atoms with van der Waals surface area (Å²) >= 11 is 0. The molecular weight excluding hydrogens is 436 g/mol. The van der Waals surface area contributed by atoms with Gasteiger partial charge in [-0.1, -0.05) is 66.7 Å². The number of hydrogen-bond acceptors (Lipinski definition) is 4. The van der Waals surface area contributed by atoms with Gasteiger partial charge in [-0.15, -0.1) is 0 Å². The molecule has 0 aliphatic carbocycles. The highest BCUT2D eigenvalue weighted by Crippen LogP contribution is 2.41. The van der Waals surface area contributed by atoms with Gasteiger partial charge in [-0.05, 0) is 40.8 Å². The Labute approximate surface area is 192 Å². The topological polar surface area (TPSA) is 75.7 Å². The molecule has 166 valence electrons. The van der Waals surface area contributed by atoms with Gasteiger partial charge < -0.3 is 10.1 Å². The highest BCUT2D eigenvalue weighted by Gasteiger charge is 2.36. The number of sulfonamides is 1. The number of nitrogens with zero attached hydrogens (tertiary/aromatic N) is 1. The van der Waals surface area contributed by atoms with Crippen LogP contribution in [0.4, 0.5) is 5.69 Å². The molecule has 0 fully saturated rings. The average molecular weight is 459 g/mol. The largest absolute Gasteiger partial charge is 0.489 e. The molecule has 5 rings (SSSR count). The molecule has 1 amide bonds. The van der Waals surface area contributed by atoms with E-state index in [0.29, 0.717) is 24.2 Å². The van der Waals surface area contributed by atoms with Crippen LogP contribution in [0.2, 0.25) is 0 Å². The van der Waals surface area contributed by atoms with E-state index in [9.17, 15) is 13.2 Å². The molecule has 0 bridgehead atoms. The van der Waals surface area contributed by atoms with Crippen LogP contribution in [0.3, 0.4) is 0 Å². The summed E-state index contributed by atoms with van der Waals surface area (Å²) < 4.78 is 32.9. The quantitative estimate of drug-likeness (QED) is 0.449. The lowest BCUT2D eigenvalue weighted by atomic mass is 10.1. The Kier molecular flexibility index (Phi) is 5.48. The highest BCUT2D eigenvalue weighted by molar-refractivity contribution is 7.93. The van der Waals surface area contributed by atoms with Crippen molar-refractivity contribution in [3.05, 3.63) is 102 Å². The molecule has 0 spiro atoms. The summed E-state index contributed by atoms with van der Waals surface area (Å²) in [6, 6.07) is 27.9. The normalized spacial score (nSPS) is 13.8. The SMILES string of the molecule is O=C(CN1c2cccc3cccc(c23)S1(=O)=O)NCc1ccc(COc2ccccc2)cc1. The van der Waals surface area contributed by atoms with Gasteiger partial charge in [-0.25, -0.2) is 8.42 Å². The molecule has 0 saturated carbocycles. The zero-order valence-electron chi connectivity index (χ0n) is 17.8. The second-order valence-electron chi connectivity index (χ2n) is 7.84. The third kappa shape index (κ3) is 4.15. The van der Waals surface area contributed by atoms with Gasteiger partial charge in [0.15, 0.2) is 0 Å². The number of para-hydroxylation sites is 1. The fraction of sp³-hybridized carbons (Fsp3) is 0.115. The Morgan fingerprint density at radius 2 is 1.52 bits per heavy atom. The van der Waals surface area contributed by atoms with E-state index in [1.807, 2.05) is 66.7 Å². The molecule has 0 radical (unpaired) electrons. The smallest absolute Gasteiger partial charge is 0.265 e. The van der Waals surface area contributed by atoms with E-state index in [2.05, 4.69) is 5.32 Å². The van der Waals surface area contributed by atoms with Crippen molar-refractivity contribution in [2.45, 2.75) is 18.0 Å². The molecule has 0 aromatic heterocycles. The van der Waals surface area contributed by atoms with Crippen LogP contribution < -0.4 is 14.4 Å². The predicted molar refractivity (Wildman–Crippen MR) is 128 cm³/mol. The zero-order valence-corrected chi connectivity index (χ0v) is 18.6. The van der Waals surface area contributed by atoms with Crippen molar-refractivity contribution < 1.29 is 17.9 Å². The van der Waals surface area contributed by atoms with Crippen molar-refractivity contribution in [2.24, 2.45) is 0 Å². The van der Waals surface area contributed by atoms with E-state index < -0.39 is 10.0 Å². The predicted octanol–water partition coefficient (Wildman–Crippen LogP) is 4.24. The van der Waals surface area contributed by atoms with Crippen LogP contribution in [0.5, 0.6) is 5.75 Å². The van der Waals surface area contributed by atoms with Crippen LogP contribution in [0.25, 0.3) is 10.8 Å². The maximum Gasteiger partial charge on any atom is 0.265 e. The Bertz CT molecular complexity index is 1410.